The molecule has 3 nitrogen and oxygen atoms in total. The normalized spacial score (nSPS) is 10.9. The summed E-state index contributed by atoms with van der Waals surface area (Å²) in [6.07, 6.45) is 3.18. The Kier molecular flexibility index (Phi) is 6.04. The van der Waals surface area contributed by atoms with Gasteiger partial charge in [0.05, 0.1) is 12.8 Å². The van der Waals surface area contributed by atoms with Crippen LogP contribution in [0.4, 0.5) is 0 Å². The molecule has 0 atom stereocenters. The first-order valence-corrected chi connectivity index (χ1v) is 9.60. The lowest BCUT2D eigenvalue weighted by Gasteiger charge is -2.01. The molecule has 0 amide bonds. The lowest BCUT2D eigenvalue weighted by molar-refractivity contribution is -0.134. The molecule has 0 bridgehead atoms. The van der Waals surface area contributed by atoms with Crippen LogP contribution in [0.1, 0.15) is 11.3 Å². The number of ether oxygens (including phenoxy) is 1. The molecule has 5 heteroatoms. The summed E-state index contributed by atoms with van der Waals surface area (Å²) in [4.78, 5) is 17.0. The zero-order chi connectivity index (χ0) is 17.5. The van der Waals surface area contributed by atoms with Crippen LogP contribution in [0.3, 0.4) is 0 Å². The Morgan fingerprint density at radius 3 is 2.84 bits per heavy atom. The molecular formula is C20H17NO2S2. The highest BCUT2D eigenvalue weighted by Crippen LogP contribution is 2.28. The van der Waals surface area contributed by atoms with Gasteiger partial charge in [0.15, 0.2) is 0 Å². The minimum Gasteiger partial charge on any atom is -0.466 e. The summed E-state index contributed by atoms with van der Waals surface area (Å²) in [7, 11) is 1.37. The number of aromatic nitrogens is 1. The average Bonchev–Trinajstić information content (AvgIpc) is 3.14. The molecule has 0 unspecified atom stereocenters. The fraction of sp³-hybridized carbons (Fsp3) is 0.100. The van der Waals surface area contributed by atoms with E-state index in [-0.39, 0.29) is 5.97 Å². The Hall–Kier alpha value is -2.37. The molecule has 3 rings (SSSR count). The van der Waals surface area contributed by atoms with Gasteiger partial charge in [-0.1, -0.05) is 42.5 Å². The van der Waals surface area contributed by atoms with Crippen LogP contribution in [-0.4, -0.2) is 18.1 Å². The summed E-state index contributed by atoms with van der Waals surface area (Å²) in [5, 5.41) is 3.15. The number of thiazole rings is 1. The monoisotopic (exact) mass is 367 g/mol. The smallest absolute Gasteiger partial charge is 0.330 e. The van der Waals surface area contributed by atoms with Gasteiger partial charge in [-0.2, -0.15) is 0 Å². The molecule has 3 aromatic rings. The number of carbonyl (C=O) groups excluding carboxylic acids is 1. The van der Waals surface area contributed by atoms with E-state index in [1.54, 1.807) is 29.2 Å². The van der Waals surface area contributed by atoms with E-state index in [1.165, 1.54) is 13.2 Å². The van der Waals surface area contributed by atoms with E-state index >= 15 is 0 Å². The Labute approximate surface area is 155 Å². The lowest BCUT2D eigenvalue weighted by atomic mass is 10.2. The second-order valence-corrected chi connectivity index (χ2v) is 7.13. The van der Waals surface area contributed by atoms with Crippen molar-refractivity contribution >= 4 is 35.1 Å². The van der Waals surface area contributed by atoms with Gasteiger partial charge in [-0.3, -0.25) is 0 Å². The quantitative estimate of drug-likeness (QED) is 0.337. The number of rotatable bonds is 6. The van der Waals surface area contributed by atoms with Crippen LogP contribution >= 0.6 is 23.1 Å². The van der Waals surface area contributed by atoms with Crippen molar-refractivity contribution in [1.29, 1.82) is 0 Å². The van der Waals surface area contributed by atoms with Crippen LogP contribution < -0.4 is 0 Å². The zero-order valence-corrected chi connectivity index (χ0v) is 15.3. The minimum atomic E-state index is -0.353. The second-order valence-electron chi connectivity index (χ2n) is 5.23. The molecule has 0 spiro atoms. The van der Waals surface area contributed by atoms with E-state index in [4.69, 9.17) is 4.98 Å². The second kappa shape index (κ2) is 8.65. The number of methoxy groups -OCH3 is 1. The van der Waals surface area contributed by atoms with Crippen LogP contribution in [0.15, 0.2) is 70.9 Å². The van der Waals surface area contributed by atoms with Gasteiger partial charge in [-0.05, 0) is 23.8 Å². The maximum Gasteiger partial charge on any atom is 0.330 e. The summed E-state index contributed by atoms with van der Waals surface area (Å²) in [6.45, 7) is 0. The summed E-state index contributed by atoms with van der Waals surface area (Å²) in [5.74, 6) is 0.460. The number of hydrogen-bond acceptors (Lipinski definition) is 5. The Morgan fingerprint density at radius 1 is 1.20 bits per heavy atom. The Bertz CT molecular complexity index is 872. The maximum atomic E-state index is 11.2. The third-order valence-corrected chi connectivity index (χ3v) is 5.40. The largest absolute Gasteiger partial charge is 0.466 e. The molecule has 2 aromatic carbocycles. The molecule has 25 heavy (non-hydrogen) atoms. The predicted octanol–water partition coefficient (Wildman–Crippen LogP) is 5.29. The van der Waals surface area contributed by atoms with Crippen molar-refractivity contribution in [3.63, 3.8) is 0 Å². The van der Waals surface area contributed by atoms with Crippen molar-refractivity contribution in [2.45, 2.75) is 10.6 Å². The third kappa shape index (κ3) is 5.05. The van der Waals surface area contributed by atoms with E-state index in [9.17, 15) is 4.79 Å². The van der Waals surface area contributed by atoms with E-state index < -0.39 is 0 Å². The van der Waals surface area contributed by atoms with Crippen molar-refractivity contribution in [2.24, 2.45) is 0 Å². The van der Waals surface area contributed by atoms with Gasteiger partial charge < -0.3 is 4.74 Å². The molecule has 0 saturated heterocycles. The highest BCUT2D eigenvalue weighted by atomic mass is 32.2. The topological polar surface area (TPSA) is 39.2 Å². The van der Waals surface area contributed by atoms with E-state index in [2.05, 4.69) is 34.4 Å². The van der Waals surface area contributed by atoms with Gasteiger partial charge in [0.1, 0.15) is 5.01 Å². The Morgan fingerprint density at radius 2 is 2.04 bits per heavy atom. The molecular weight excluding hydrogens is 350 g/mol. The zero-order valence-electron chi connectivity index (χ0n) is 13.7. The number of benzene rings is 2. The van der Waals surface area contributed by atoms with Crippen LogP contribution in [0.25, 0.3) is 16.6 Å². The van der Waals surface area contributed by atoms with Gasteiger partial charge in [0.2, 0.25) is 0 Å². The van der Waals surface area contributed by atoms with Gasteiger partial charge in [-0.15, -0.1) is 23.1 Å². The van der Waals surface area contributed by atoms with Gasteiger partial charge in [-0.25, -0.2) is 9.78 Å². The number of nitrogens with zero attached hydrogens (tertiary/aromatic N) is 1. The SMILES string of the molecule is COC(=O)C=Cc1cccc(SCc2csc(-c3ccccc3)n2)c1. The van der Waals surface area contributed by atoms with E-state index in [0.717, 1.165) is 32.5 Å². The summed E-state index contributed by atoms with van der Waals surface area (Å²) >= 11 is 3.40. The summed E-state index contributed by atoms with van der Waals surface area (Å²) in [6, 6.07) is 18.3. The minimum absolute atomic E-state index is 0.353. The van der Waals surface area contributed by atoms with Crippen molar-refractivity contribution in [2.75, 3.05) is 7.11 Å². The number of thioether (sulfide) groups is 1. The molecule has 0 radical (unpaired) electrons. The van der Waals surface area contributed by atoms with E-state index in [1.807, 2.05) is 30.3 Å². The highest BCUT2D eigenvalue weighted by Gasteiger charge is 2.05. The number of carbonyl (C=O) groups is 1. The van der Waals surface area contributed by atoms with Gasteiger partial charge in [0.25, 0.3) is 0 Å². The van der Waals surface area contributed by atoms with Crippen molar-refractivity contribution in [3.8, 4) is 10.6 Å². The van der Waals surface area contributed by atoms with Crippen LogP contribution in [0.2, 0.25) is 0 Å². The number of esters is 1. The van der Waals surface area contributed by atoms with Crippen molar-refractivity contribution in [1.82, 2.24) is 4.98 Å². The first-order valence-electron chi connectivity index (χ1n) is 7.73. The first-order chi connectivity index (χ1) is 12.2. The lowest BCUT2D eigenvalue weighted by Crippen LogP contribution is -1.93. The van der Waals surface area contributed by atoms with Gasteiger partial charge in [0, 0.05) is 27.7 Å². The summed E-state index contributed by atoms with van der Waals surface area (Å²) in [5.41, 5.74) is 3.20. The third-order valence-electron chi connectivity index (χ3n) is 3.43. The highest BCUT2D eigenvalue weighted by molar-refractivity contribution is 7.98. The van der Waals surface area contributed by atoms with E-state index in [0.29, 0.717) is 0 Å². The average molecular weight is 367 g/mol. The fourth-order valence-corrected chi connectivity index (χ4v) is 3.97. The fourth-order valence-electron chi connectivity index (χ4n) is 2.18. The molecule has 0 aliphatic rings. The molecule has 0 aliphatic heterocycles. The van der Waals surface area contributed by atoms with Crippen LogP contribution in [0, 0.1) is 0 Å². The molecule has 0 N–H and O–H groups in total. The van der Waals surface area contributed by atoms with Crippen LogP contribution in [0.5, 0.6) is 0 Å². The van der Waals surface area contributed by atoms with Crippen LogP contribution in [-0.2, 0) is 15.3 Å². The Balaban J connectivity index is 1.63. The number of hydrogen-bond donors (Lipinski definition) is 0. The molecule has 1 aromatic heterocycles. The van der Waals surface area contributed by atoms with Gasteiger partial charge >= 0.3 is 5.97 Å². The first kappa shape index (κ1) is 17.5. The molecule has 0 fully saturated rings. The molecule has 0 aliphatic carbocycles. The molecule has 126 valence electrons. The van der Waals surface area contributed by atoms with Crippen molar-refractivity contribution in [3.05, 3.63) is 77.3 Å². The standard InChI is InChI=1S/C20H17NO2S2/c1-23-19(22)11-10-15-6-5-9-18(12-15)24-13-17-14-25-20(21-17)16-7-3-2-4-8-16/h2-12,14H,13H2,1H3. The summed E-state index contributed by atoms with van der Waals surface area (Å²) < 4.78 is 4.61. The molecule has 1 heterocycles. The van der Waals surface area contributed by atoms with Crippen molar-refractivity contribution < 1.29 is 9.53 Å². The molecule has 0 saturated carbocycles. The predicted molar refractivity (Wildman–Crippen MR) is 105 cm³/mol. The maximum absolute atomic E-state index is 11.2.